The summed E-state index contributed by atoms with van der Waals surface area (Å²) in [6.45, 7) is 6.53. The van der Waals surface area contributed by atoms with Crippen LogP contribution in [0.2, 0.25) is 0 Å². The molecule has 0 atom stereocenters. The molecule has 1 heterocycles. The Balaban J connectivity index is 3.20. The summed E-state index contributed by atoms with van der Waals surface area (Å²) in [5.41, 5.74) is 5.33. The second-order valence-corrected chi connectivity index (χ2v) is 8.23. The van der Waals surface area contributed by atoms with E-state index in [0.29, 0.717) is 19.6 Å². The molecule has 6 nitrogen and oxygen atoms in total. The van der Waals surface area contributed by atoms with Crippen LogP contribution in [0, 0.1) is 5.41 Å². The zero-order chi connectivity index (χ0) is 16.3. The SMILES string of the molecule is CCN(CC(C)(C)CN)S(=O)(=O)c1ccsc1C(=O)OC. The van der Waals surface area contributed by atoms with Crippen molar-refractivity contribution in [2.24, 2.45) is 11.1 Å². The van der Waals surface area contributed by atoms with Gasteiger partial charge in [0, 0.05) is 13.1 Å². The van der Waals surface area contributed by atoms with Crippen molar-refractivity contribution in [2.75, 3.05) is 26.7 Å². The Hall–Kier alpha value is -0.960. The van der Waals surface area contributed by atoms with E-state index in [2.05, 4.69) is 4.74 Å². The first kappa shape index (κ1) is 18.1. The van der Waals surface area contributed by atoms with Gasteiger partial charge < -0.3 is 10.5 Å². The van der Waals surface area contributed by atoms with Gasteiger partial charge in [0.05, 0.1) is 7.11 Å². The van der Waals surface area contributed by atoms with Crippen LogP contribution in [0.25, 0.3) is 0 Å². The second kappa shape index (κ2) is 6.87. The van der Waals surface area contributed by atoms with Gasteiger partial charge in [-0.3, -0.25) is 0 Å². The van der Waals surface area contributed by atoms with E-state index < -0.39 is 16.0 Å². The Kier molecular flexibility index (Phi) is 5.92. The minimum atomic E-state index is -3.75. The smallest absolute Gasteiger partial charge is 0.349 e. The highest BCUT2D eigenvalue weighted by molar-refractivity contribution is 7.89. The van der Waals surface area contributed by atoms with Crippen molar-refractivity contribution in [1.82, 2.24) is 4.31 Å². The maximum Gasteiger partial charge on any atom is 0.349 e. The molecule has 0 unspecified atom stereocenters. The van der Waals surface area contributed by atoms with Crippen LogP contribution in [0.3, 0.4) is 0 Å². The molecule has 1 aromatic rings. The molecule has 0 aliphatic rings. The lowest BCUT2D eigenvalue weighted by Gasteiger charge is -2.30. The molecule has 120 valence electrons. The van der Waals surface area contributed by atoms with Crippen LogP contribution in [0.1, 0.15) is 30.4 Å². The fourth-order valence-electron chi connectivity index (χ4n) is 1.79. The van der Waals surface area contributed by atoms with Crippen LogP contribution in [0.15, 0.2) is 16.3 Å². The molecule has 21 heavy (non-hydrogen) atoms. The topological polar surface area (TPSA) is 89.7 Å². The van der Waals surface area contributed by atoms with Crippen molar-refractivity contribution < 1.29 is 17.9 Å². The largest absolute Gasteiger partial charge is 0.465 e. The third kappa shape index (κ3) is 4.03. The number of ether oxygens (including phenoxy) is 1. The third-order valence-corrected chi connectivity index (χ3v) is 6.11. The molecule has 2 N–H and O–H groups in total. The van der Waals surface area contributed by atoms with Crippen LogP contribution >= 0.6 is 11.3 Å². The molecule has 0 aliphatic heterocycles. The maximum atomic E-state index is 12.7. The molecule has 0 aromatic carbocycles. The van der Waals surface area contributed by atoms with E-state index >= 15 is 0 Å². The quantitative estimate of drug-likeness (QED) is 0.764. The lowest BCUT2D eigenvalue weighted by atomic mass is 9.94. The Labute approximate surface area is 129 Å². The Morgan fingerprint density at radius 2 is 2.10 bits per heavy atom. The van der Waals surface area contributed by atoms with Crippen LogP contribution in [0.5, 0.6) is 0 Å². The lowest BCUT2D eigenvalue weighted by molar-refractivity contribution is 0.0602. The highest BCUT2D eigenvalue weighted by Gasteiger charge is 2.32. The number of nitrogens with two attached hydrogens (primary N) is 1. The number of hydrogen-bond acceptors (Lipinski definition) is 6. The van der Waals surface area contributed by atoms with Crippen LogP contribution in [0.4, 0.5) is 0 Å². The number of rotatable bonds is 7. The molecule has 0 amide bonds. The van der Waals surface area contributed by atoms with Gasteiger partial charge in [-0.1, -0.05) is 20.8 Å². The van der Waals surface area contributed by atoms with Gasteiger partial charge in [0.25, 0.3) is 0 Å². The molecule has 0 saturated carbocycles. The number of nitrogens with zero attached hydrogens (tertiary/aromatic N) is 1. The van der Waals surface area contributed by atoms with Gasteiger partial charge in [0.1, 0.15) is 9.77 Å². The van der Waals surface area contributed by atoms with E-state index in [1.54, 1.807) is 12.3 Å². The average molecular weight is 334 g/mol. The predicted octanol–water partition coefficient (Wildman–Crippen LogP) is 1.53. The standard InChI is InChI=1S/C13H22N2O4S2/c1-5-15(9-13(2,3)8-14)21(17,18)10-6-7-20-11(10)12(16)19-4/h6-7H,5,8-9,14H2,1-4H3. The summed E-state index contributed by atoms with van der Waals surface area (Å²) in [4.78, 5) is 11.8. The maximum absolute atomic E-state index is 12.7. The fourth-order valence-corrected chi connectivity index (χ4v) is 4.74. The number of thiophene rings is 1. The second-order valence-electron chi connectivity index (χ2n) is 5.41. The summed E-state index contributed by atoms with van der Waals surface area (Å²) in [7, 11) is -2.52. The van der Waals surface area contributed by atoms with Crippen LogP contribution in [-0.2, 0) is 14.8 Å². The van der Waals surface area contributed by atoms with Gasteiger partial charge in [-0.25, -0.2) is 13.2 Å². The molecule has 0 radical (unpaired) electrons. The summed E-state index contributed by atoms with van der Waals surface area (Å²) in [6, 6.07) is 1.43. The predicted molar refractivity (Wildman–Crippen MR) is 82.9 cm³/mol. The van der Waals surface area contributed by atoms with E-state index in [-0.39, 0.29) is 15.2 Å². The molecule has 0 fully saturated rings. The highest BCUT2D eigenvalue weighted by atomic mass is 32.2. The summed E-state index contributed by atoms with van der Waals surface area (Å²) < 4.78 is 31.5. The molecule has 1 rings (SSSR count). The number of esters is 1. The van der Waals surface area contributed by atoms with Crippen molar-refractivity contribution in [3.8, 4) is 0 Å². The van der Waals surface area contributed by atoms with Crippen molar-refractivity contribution in [2.45, 2.75) is 25.7 Å². The van der Waals surface area contributed by atoms with E-state index in [4.69, 9.17) is 5.73 Å². The first-order chi connectivity index (χ1) is 9.69. The van der Waals surface area contributed by atoms with Crippen molar-refractivity contribution >= 4 is 27.3 Å². The zero-order valence-corrected chi connectivity index (χ0v) is 14.4. The van der Waals surface area contributed by atoms with E-state index in [1.165, 1.54) is 17.5 Å². The van der Waals surface area contributed by atoms with Crippen LogP contribution < -0.4 is 5.73 Å². The van der Waals surface area contributed by atoms with Crippen molar-refractivity contribution in [3.63, 3.8) is 0 Å². The first-order valence-corrected chi connectivity index (χ1v) is 8.87. The average Bonchev–Trinajstić information content (AvgIpc) is 2.93. The molecule has 8 heteroatoms. The summed E-state index contributed by atoms with van der Waals surface area (Å²) in [5, 5.41) is 1.57. The number of hydrogen-bond donors (Lipinski definition) is 1. The fraction of sp³-hybridized carbons (Fsp3) is 0.615. The third-order valence-electron chi connectivity index (χ3n) is 3.13. The minimum absolute atomic E-state index is 0.00554. The highest BCUT2D eigenvalue weighted by Crippen LogP contribution is 2.28. The molecule has 1 aromatic heterocycles. The minimum Gasteiger partial charge on any atom is -0.465 e. The molecular formula is C13H22N2O4S2. The molecule has 0 spiro atoms. The Morgan fingerprint density at radius 3 is 2.57 bits per heavy atom. The van der Waals surface area contributed by atoms with Gasteiger partial charge in [-0.15, -0.1) is 11.3 Å². The number of carbonyl (C=O) groups is 1. The van der Waals surface area contributed by atoms with Gasteiger partial charge in [0.2, 0.25) is 10.0 Å². The van der Waals surface area contributed by atoms with Crippen molar-refractivity contribution in [1.29, 1.82) is 0 Å². The monoisotopic (exact) mass is 334 g/mol. The number of methoxy groups -OCH3 is 1. The van der Waals surface area contributed by atoms with Gasteiger partial charge >= 0.3 is 5.97 Å². The molecule has 0 bridgehead atoms. The Morgan fingerprint density at radius 1 is 1.48 bits per heavy atom. The number of sulfonamides is 1. The van der Waals surface area contributed by atoms with Gasteiger partial charge in [0.15, 0.2) is 0 Å². The molecular weight excluding hydrogens is 312 g/mol. The molecule has 0 aliphatic carbocycles. The van der Waals surface area contributed by atoms with E-state index in [9.17, 15) is 13.2 Å². The number of carbonyl (C=O) groups excluding carboxylic acids is 1. The zero-order valence-electron chi connectivity index (χ0n) is 12.8. The Bertz CT molecular complexity index is 593. The summed E-state index contributed by atoms with van der Waals surface area (Å²) >= 11 is 1.06. The summed E-state index contributed by atoms with van der Waals surface area (Å²) in [6.07, 6.45) is 0. The normalized spacial score (nSPS) is 12.7. The van der Waals surface area contributed by atoms with Gasteiger partial charge in [-0.05, 0) is 23.4 Å². The lowest BCUT2D eigenvalue weighted by Crippen LogP contribution is -2.42. The van der Waals surface area contributed by atoms with E-state index in [0.717, 1.165) is 11.3 Å². The van der Waals surface area contributed by atoms with E-state index in [1.807, 2.05) is 13.8 Å². The van der Waals surface area contributed by atoms with Crippen LogP contribution in [-0.4, -0.2) is 45.4 Å². The van der Waals surface area contributed by atoms with Gasteiger partial charge in [-0.2, -0.15) is 4.31 Å². The summed E-state index contributed by atoms with van der Waals surface area (Å²) in [5.74, 6) is -0.641. The van der Waals surface area contributed by atoms with Crippen molar-refractivity contribution in [3.05, 3.63) is 16.3 Å². The molecule has 0 saturated heterocycles. The first-order valence-electron chi connectivity index (χ1n) is 6.55.